The lowest BCUT2D eigenvalue weighted by Gasteiger charge is -2.26. The van der Waals surface area contributed by atoms with Crippen LogP contribution in [0, 0.1) is 5.92 Å². The molecular formula is C18H26N4O. The van der Waals surface area contributed by atoms with Crippen molar-refractivity contribution in [2.75, 3.05) is 20.1 Å². The maximum absolute atomic E-state index is 12.1. The molecule has 2 N–H and O–H groups in total. The molecule has 2 amide bonds. The first-order valence-electron chi connectivity index (χ1n) is 8.55. The van der Waals surface area contributed by atoms with E-state index < -0.39 is 0 Å². The first kappa shape index (κ1) is 16.0. The van der Waals surface area contributed by atoms with Crippen molar-refractivity contribution in [3.63, 3.8) is 0 Å². The smallest absolute Gasteiger partial charge is 0.315 e. The number of carbonyl (C=O) groups excluding carboxylic acids is 1. The second-order valence-corrected chi connectivity index (χ2v) is 6.58. The van der Waals surface area contributed by atoms with Gasteiger partial charge in [0, 0.05) is 31.0 Å². The lowest BCUT2D eigenvalue weighted by molar-refractivity contribution is 0.231. The Labute approximate surface area is 138 Å². The van der Waals surface area contributed by atoms with E-state index in [0.29, 0.717) is 18.5 Å². The van der Waals surface area contributed by atoms with E-state index in [4.69, 9.17) is 0 Å². The van der Waals surface area contributed by atoms with Crippen LogP contribution in [0.25, 0.3) is 0 Å². The molecular weight excluding hydrogens is 288 g/mol. The Kier molecular flexibility index (Phi) is 5.28. The Hall–Kier alpha value is -1.88. The molecule has 1 fully saturated rings. The van der Waals surface area contributed by atoms with Crippen LogP contribution < -0.4 is 10.6 Å². The number of pyridine rings is 1. The summed E-state index contributed by atoms with van der Waals surface area (Å²) in [7, 11) is 2.14. The molecule has 1 aliphatic carbocycles. The van der Waals surface area contributed by atoms with E-state index in [9.17, 15) is 4.79 Å². The van der Waals surface area contributed by atoms with Crippen LogP contribution in [-0.4, -0.2) is 42.1 Å². The number of nitrogens with one attached hydrogen (secondary N) is 2. The lowest BCUT2D eigenvalue weighted by Crippen LogP contribution is -2.43. The number of hydrogen-bond donors (Lipinski definition) is 2. The van der Waals surface area contributed by atoms with Crippen LogP contribution >= 0.6 is 0 Å². The largest absolute Gasteiger partial charge is 0.338 e. The fourth-order valence-corrected chi connectivity index (χ4v) is 3.69. The van der Waals surface area contributed by atoms with Gasteiger partial charge in [0.25, 0.3) is 0 Å². The SMILES string of the molecule is CN1CC[C@@H](CNC(=O)NC2C=CCCC2)[C@@H]1c1cccnc1. The van der Waals surface area contributed by atoms with Crippen LogP contribution in [0.15, 0.2) is 36.7 Å². The standard InChI is InChI=1S/C18H26N4O/c1-22-11-9-15(17(22)14-6-5-10-19-12-14)13-20-18(23)21-16-7-3-2-4-8-16/h3,5-7,10,12,15-17H,2,4,8-9,11,13H2,1H3,(H2,20,21,23)/t15-,16?,17-/m0/s1. The Morgan fingerprint density at radius 2 is 2.35 bits per heavy atom. The van der Waals surface area contributed by atoms with Crippen molar-refractivity contribution < 1.29 is 4.79 Å². The zero-order chi connectivity index (χ0) is 16.1. The van der Waals surface area contributed by atoms with Crippen molar-refractivity contribution >= 4 is 6.03 Å². The summed E-state index contributed by atoms with van der Waals surface area (Å²) in [6.45, 7) is 1.76. The molecule has 0 aromatic carbocycles. The van der Waals surface area contributed by atoms with Gasteiger partial charge in [0.05, 0.1) is 0 Å². The summed E-state index contributed by atoms with van der Waals surface area (Å²) in [5.41, 5.74) is 1.23. The first-order valence-corrected chi connectivity index (χ1v) is 8.55. The summed E-state index contributed by atoms with van der Waals surface area (Å²) in [4.78, 5) is 18.7. The molecule has 1 saturated heterocycles. The minimum Gasteiger partial charge on any atom is -0.338 e. The van der Waals surface area contributed by atoms with E-state index in [1.807, 2.05) is 12.3 Å². The molecule has 0 spiro atoms. The predicted octanol–water partition coefficient (Wildman–Crippen LogP) is 2.48. The molecule has 0 saturated carbocycles. The number of urea groups is 1. The fraction of sp³-hybridized carbons (Fsp3) is 0.556. The fourth-order valence-electron chi connectivity index (χ4n) is 3.69. The van der Waals surface area contributed by atoms with Gasteiger partial charge >= 0.3 is 6.03 Å². The average molecular weight is 314 g/mol. The Bertz CT molecular complexity index is 545. The topological polar surface area (TPSA) is 57.3 Å². The average Bonchev–Trinajstić information content (AvgIpc) is 2.95. The van der Waals surface area contributed by atoms with Gasteiger partial charge in [-0.25, -0.2) is 4.79 Å². The van der Waals surface area contributed by atoms with Gasteiger partial charge in [0.2, 0.25) is 0 Å². The molecule has 23 heavy (non-hydrogen) atoms. The van der Waals surface area contributed by atoms with Crippen LogP contribution in [0.5, 0.6) is 0 Å². The summed E-state index contributed by atoms with van der Waals surface area (Å²) < 4.78 is 0. The van der Waals surface area contributed by atoms with E-state index in [1.165, 1.54) is 5.56 Å². The molecule has 3 rings (SSSR count). The summed E-state index contributed by atoms with van der Waals surface area (Å²) in [5, 5.41) is 6.11. The van der Waals surface area contributed by atoms with Gasteiger partial charge in [-0.05, 0) is 56.8 Å². The van der Waals surface area contributed by atoms with Crippen LogP contribution in [0.3, 0.4) is 0 Å². The van der Waals surface area contributed by atoms with E-state index >= 15 is 0 Å². The van der Waals surface area contributed by atoms with Gasteiger partial charge in [0.1, 0.15) is 0 Å². The molecule has 1 aromatic heterocycles. The third-order valence-corrected chi connectivity index (χ3v) is 4.90. The molecule has 5 heteroatoms. The highest BCUT2D eigenvalue weighted by Gasteiger charge is 2.33. The summed E-state index contributed by atoms with van der Waals surface area (Å²) in [6.07, 6.45) is 12.4. The highest BCUT2D eigenvalue weighted by Crippen LogP contribution is 2.35. The number of carbonyl (C=O) groups is 1. The minimum absolute atomic E-state index is 0.0546. The van der Waals surface area contributed by atoms with Crippen molar-refractivity contribution in [2.45, 2.75) is 37.8 Å². The van der Waals surface area contributed by atoms with Crippen molar-refractivity contribution in [3.8, 4) is 0 Å². The number of amides is 2. The molecule has 1 unspecified atom stereocenters. The van der Waals surface area contributed by atoms with Gasteiger partial charge in [-0.3, -0.25) is 9.88 Å². The number of aromatic nitrogens is 1. The first-order chi connectivity index (χ1) is 11.2. The highest BCUT2D eigenvalue weighted by atomic mass is 16.2. The number of nitrogens with zero attached hydrogens (tertiary/aromatic N) is 2. The predicted molar refractivity (Wildman–Crippen MR) is 91.0 cm³/mol. The van der Waals surface area contributed by atoms with Crippen molar-refractivity contribution in [1.82, 2.24) is 20.5 Å². The van der Waals surface area contributed by atoms with Gasteiger partial charge in [-0.2, -0.15) is 0 Å². The second kappa shape index (κ2) is 7.59. The van der Waals surface area contributed by atoms with Gasteiger partial charge in [-0.1, -0.05) is 18.2 Å². The van der Waals surface area contributed by atoms with Gasteiger partial charge in [0.15, 0.2) is 0 Å². The molecule has 5 nitrogen and oxygen atoms in total. The van der Waals surface area contributed by atoms with E-state index in [0.717, 1.165) is 32.2 Å². The molecule has 2 aliphatic rings. The summed E-state index contributed by atoms with van der Waals surface area (Å²) >= 11 is 0. The number of likely N-dealkylation sites (tertiary alicyclic amines) is 1. The van der Waals surface area contributed by atoms with Crippen molar-refractivity contribution in [3.05, 3.63) is 42.2 Å². The number of allylic oxidation sites excluding steroid dienone is 1. The second-order valence-electron chi connectivity index (χ2n) is 6.58. The maximum atomic E-state index is 12.1. The Morgan fingerprint density at radius 1 is 1.43 bits per heavy atom. The van der Waals surface area contributed by atoms with Gasteiger partial charge < -0.3 is 10.6 Å². The van der Waals surface area contributed by atoms with Crippen molar-refractivity contribution in [1.29, 1.82) is 0 Å². The maximum Gasteiger partial charge on any atom is 0.315 e. The third-order valence-electron chi connectivity index (χ3n) is 4.90. The molecule has 1 aromatic rings. The quantitative estimate of drug-likeness (QED) is 0.840. The monoisotopic (exact) mass is 314 g/mol. The minimum atomic E-state index is -0.0546. The molecule has 2 heterocycles. The summed E-state index contributed by atoms with van der Waals surface area (Å²) in [5.74, 6) is 0.428. The zero-order valence-electron chi connectivity index (χ0n) is 13.7. The molecule has 0 radical (unpaired) electrons. The molecule has 1 aliphatic heterocycles. The van der Waals surface area contributed by atoms with Crippen LogP contribution in [0.1, 0.15) is 37.3 Å². The lowest BCUT2D eigenvalue weighted by atomic mass is 9.95. The van der Waals surface area contributed by atoms with Gasteiger partial charge in [-0.15, -0.1) is 0 Å². The van der Waals surface area contributed by atoms with E-state index in [-0.39, 0.29) is 12.1 Å². The van der Waals surface area contributed by atoms with Crippen LogP contribution in [0.2, 0.25) is 0 Å². The third kappa shape index (κ3) is 4.10. The Morgan fingerprint density at radius 3 is 3.09 bits per heavy atom. The Balaban J connectivity index is 1.53. The van der Waals surface area contributed by atoms with E-state index in [2.05, 4.69) is 45.8 Å². The molecule has 3 atom stereocenters. The summed E-state index contributed by atoms with van der Waals surface area (Å²) in [6, 6.07) is 4.57. The molecule has 0 bridgehead atoms. The van der Waals surface area contributed by atoms with E-state index in [1.54, 1.807) is 6.20 Å². The van der Waals surface area contributed by atoms with Crippen LogP contribution in [-0.2, 0) is 0 Å². The van der Waals surface area contributed by atoms with Crippen LogP contribution in [0.4, 0.5) is 4.79 Å². The number of rotatable bonds is 4. The van der Waals surface area contributed by atoms with Crippen molar-refractivity contribution in [2.24, 2.45) is 5.92 Å². The molecule has 124 valence electrons. The number of hydrogen-bond acceptors (Lipinski definition) is 3. The zero-order valence-corrected chi connectivity index (χ0v) is 13.7. The highest BCUT2D eigenvalue weighted by molar-refractivity contribution is 5.74. The normalized spacial score (nSPS) is 27.8.